The smallest absolute Gasteiger partial charge is 0.293 e. The zero-order valence-corrected chi connectivity index (χ0v) is 7.90. The summed E-state index contributed by atoms with van der Waals surface area (Å²) in [7, 11) is 0. The first-order valence-corrected chi connectivity index (χ1v) is 4.35. The fraction of sp³-hybridized carbons (Fsp3) is 0.750. The van der Waals surface area contributed by atoms with E-state index in [0.29, 0.717) is 13.0 Å². The van der Waals surface area contributed by atoms with Gasteiger partial charge in [-0.2, -0.15) is 0 Å². The van der Waals surface area contributed by atoms with Gasteiger partial charge in [-0.05, 0) is 19.3 Å². The average Bonchev–Trinajstić information content (AvgIpc) is 2.10. The Hall–Kier alpha value is -1.26. The van der Waals surface area contributed by atoms with Crippen molar-refractivity contribution < 1.29 is 9.53 Å². The van der Waals surface area contributed by atoms with Gasteiger partial charge in [-0.1, -0.05) is 6.92 Å². The van der Waals surface area contributed by atoms with Crippen molar-refractivity contribution in [1.82, 2.24) is 0 Å². The fourth-order valence-corrected chi connectivity index (χ4v) is 0.974. The number of ether oxygens (including phenoxy) is 1. The molecule has 1 atom stereocenters. The van der Waals surface area contributed by atoms with E-state index >= 15 is 0 Å². The molecule has 0 bridgehead atoms. The van der Waals surface area contributed by atoms with Crippen LogP contribution in [0.3, 0.4) is 0 Å². The van der Waals surface area contributed by atoms with Crippen LogP contribution in [0.25, 0.3) is 0 Å². The molecule has 0 saturated heterocycles. The minimum absolute atomic E-state index is 0.00769. The van der Waals surface area contributed by atoms with E-state index in [0.717, 1.165) is 19.3 Å². The second kappa shape index (κ2) is 7.39. The van der Waals surface area contributed by atoms with Crippen LogP contribution in [0.1, 0.15) is 26.2 Å². The lowest BCUT2D eigenvalue weighted by Crippen LogP contribution is -2.23. The molecule has 0 rings (SSSR count). The Labute approximate surface area is 78.1 Å². The first kappa shape index (κ1) is 11.7. The van der Waals surface area contributed by atoms with Crippen LogP contribution < -0.4 is 11.5 Å². The molecule has 0 aromatic heterocycles. The molecule has 13 heavy (non-hydrogen) atoms. The highest BCUT2D eigenvalue weighted by atomic mass is 16.5. The summed E-state index contributed by atoms with van der Waals surface area (Å²) in [5.41, 5.74) is 10.3. The highest BCUT2D eigenvalue weighted by Crippen LogP contribution is 2.05. The van der Waals surface area contributed by atoms with Crippen LogP contribution in [0.4, 0.5) is 0 Å². The normalized spacial score (nSPS) is 11.8. The number of nitrogens with zero attached hydrogens (tertiary/aromatic N) is 1. The summed E-state index contributed by atoms with van der Waals surface area (Å²) in [6.07, 6.45) is 2.43. The van der Waals surface area contributed by atoms with Crippen molar-refractivity contribution in [2.24, 2.45) is 16.5 Å². The molecule has 0 aromatic rings. The Bertz CT molecular complexity index is 167. The predicted octanol–water partition coefficient (Wildman–Crippen LogP) is -0.00840. The standard InChI is InChI=1S/C8H17N3O2/c1-2-7(13-6-12)4-3-5-11-8(9)10/h6-7H,2-5H2,1H3,(H4,9,10,11). The van der Waals surface area contributed by atoms with Crippen molar-refractivity contribution in [2.45, 2.75) is 32.3 Å². The second-order valence-electron chi connectivity index (χ2n) is 2.71. The molecule has 0 aliphatic rings. The van der Waals surface area contributed by atoms with E-state index in [9.17, 15) is 4.79 Å². The Balaban J connectivity index is 3.48. The Morgan fingerprint density at radius 1 is 1.62 bits per heavy atom. The van der Waals surface area contributed by atoms with Gasteiger partial charge < -0.3 is 16.2 Å². The number of hydrogen-bond acceptors (Lipinski definition) is 3. The zero-order valence-electron chi connectivity index (χ0n) is 7.90. The molecule has 0 aliphatic carbocycles. The van der Waals surface area contributed by atoms with E-state index in [4.69, 9.17) is 16.2 Å². The van der Waals surface area contributed by atoms with E-state index in [2.05, 4.69) is 4.99 Å². The number of aliphatic imine (C=N–C) groups is 1. The molecular weight excluding hydrogens is 170 g/mol. The molecule has 0 radical (unpaired) electrons. The van der Waals surface area contributed by atoms with Crippen LogP contribution >= 0.6 is 0 Å². The maximum absolute atomic E-state index is 10.0. The lowest BCUT2D eigenvalue weighted by Gasteiger charge is -2.11. The van der Waals surface area contributed by atoms with Gasteiger partial charge in [-0.15, -0.1) is 0 Å². The molecule has 5 heteroatoms. The first-order valence-electron chi connectivity index (χ1n) is 4.35. The first-order chi connectivity index (χ1) is 6.20. The summed E-state index contributed by atoms with van der Waals surface area (Å²) >= 11 is 0. The zero-order chi connectivity index (χ0) is 10.1. The van der Waals surface area contributed by atoms with E-state index < -0.39 is 0 Å². The molecule has 76 valence electrons. The third-order valence-corrected chi connectivity index (χ3v) is 1.68. The van der Waals surface area contributed by atoms with Crippen LogP contribution in [-0.4, -0.2) is 25.1 Å². The van der Waals surface area contributed by atoms with E-state index in [1.807, 2.05) is 6.92 Å². The lowest BCUT2D eigenvalue weighted by atomic mass is 10.1. The molecule has 5 nitrogen and oxygen atoms in total. The number of rotatable bonds is 7. The molecule has 0 saturated carbocycles. The molecule has 0 spiro atoms. The van der Waals surface area contributed by atoms with Crippen molar-refractivity contribution in [3.8, 4) is 0 Å². The number of carbonyl (C=O) groups excluding carboxylic acids is 1. The Kier molecular flexibility index (Phi) is 6.68. The van der Waals surface area contributed by atoms with Gasteiger partial charge in [0.1, 0.15) is 6.10 Å². The maximum Gasteiger partial charge on any atom is 0.293 e. The predicted molar refractivity (Wildman–Crippen MR) is 51.1 cm³/mol. The minimum atomic E-state index is -0.00769. The lowest BCUT2D eigenvalue weighted by molar-refractivity contribution is -0.134. The molecule has 0 aromatic carbocycles. The molecular formula is C8H17N3O2. The SMILES string of the molecule is CCC(CCCN=C(N)N)OC=O. The van der Waals surface area contributed by atoms with Crippen molar-refractivity contribution in [3.05, 3.63) is 0 Å². The van der Waals surface area contributed by atoms with Crippen LogP contribution in [0, 0.1) is 0 Å². The third kappa shape index (κ3) is 7.11. The van der Waals surface area contributed by atoms with E-state index in [1.54, 1.807) is 0 Å². The number of hydrogen-bond donors (Lipinski definition) is 2. The summed E-state index contributed by atoms with van der Waals surface area (Å²) < 4.78 is 4.81. The maximum atomic E-state index is 10.0. The largest absolute Gasteiger partial charge is 0.465 e. The average molecular weight is 187 g/mol. The van der Waals surface area contributed by atoms with Gasteiger partial charge in [0.25, 0.3) is 6.47 Å². The Morgan fingerprint density at radius 2 is 2.31 bits per heavy atom. The van der Waals surface area contributed by atoms with Crippen LogP contribution in [0.5, 0.6) is 0 Å². The van der Waals surface area contributed by atoms with Gasteiger partial charge in [-0.3, -0.25) is 9.79 Å². The van der Waals surface area contributed by atoms with Crippen molar-refractivity contribution >= 4 is 12.4 Å². The number of carbonyl (C=O) groups is 1. The monoisotopic (exact) mass is 187 g/mol. The van der Waals surface area contributed by atoms with Gasteiger partial charge in [0.15, 0.2) is 5.96 Å². The van der Waals surface area contributed by atoms with Gasteiger partial charge in [-0.25, -0.2) is 0 Å². The topological polar surface area (TPSA) is 90.7 Å². The molecule has 0 aliphatic heterocycles. The summed E-state index contributed by atoms with van der Waals surface area (Å²) in [5.74, 6) is 0.101. The van der Waals surface area contributed by atoms with Crippen molar-refractivity contribution in [1.29, 1.82) is 0 Å². The molecule has 0 amide bonds. The number of nitrogens with two attached hydrogens (primary N) is 2. The summed E-state index contributed by atoms with van der Waals surface area (Å²) in [6.45, 7) is 3.03. The van der Waals surface area contributed by atoms with Crippen LogP contribution in [0.2, 0.25) is 0 Å². The van der Waals surface area contributed by atoms with Crippen LogP contribution in [-0.2, 0) is 9.53 Å². The van der Waals surface area contributed by atoms with Crippen molar-refractivity contribution in [2.75, 3.05) is 6.54 Å². The quantitative estimate of drug-likeness (QED) is 0.254. The highest BCUT2D eigenvalue weighted by molar-refractivity contribution is 5.75. The molecule has 0 fully saturated rings. The van der Waals surface area contributed by atoms with Crippen molar-refractivity contribution in [3.63, 3.8) is 0 Å². The van der Waals surface area contributed by atoms with Gasteiger partial charge >= 0.3 is 0 Å². The van der Waals surface area contributed by atoms with Gasteiger partial charge in [0.2, 0.25) is 0 Å². The Morgan fingerprint density at radius 3 is 2.77 bits per heavy atom. The summed E-state index contributed by atoms with van der Waals surface area (Å²) in [4.78, 5) is 13.8. The summed E-state index contributed by atoms with van der Waals surface area (Å²) in [6, 6.07) is 0. The van der Waals surface area contributed by atoms with Gasteiger partial charge in [0.05, 0.1) is 0 Å². The molecule has 1 unspecified atom stereocenters. The van der Waals surface area contributed by atoms with E-state index in [-0.39, 0.29) is 12.1 Å². The van der Waals surface area contributed by atoms with E-state index in [1.165, 1.54) is 0 Å². The molecule has 0 heterocycles. The highest BCUT2D eigenvalue weighted by Gasteiger charge is 2.04. The second-order valence-corrected chi connectivity index (χ2v) is 2.71. The summed E-state index contributed by atoms with van der Waals surface area (Å²) in [5, 5.41) is 0. The molecule has 4 N–H and O–H groups in total. The third-order valence-electron chi connectivity index (χ3n) is 1.68. The van der Waals surface area contributed by atoms with Crippen LogP contribution in [0.15, 0.2) is 4.99 Å². The number of guanidine groups is 1. The minimum Gasteiger partial charge on any atom is -0.465 e. The van der Waals surface area contributed by atoms with Gasteiger partial charge in [0, 0.05) is 6.54 Å². The fourth-order valence-electron chi connectivity index (χ4n) is 0.974.